The number of H-pyrrole nitrogens is 1. The van der Waals surface area contributed by atoms with E-state index in [1.807, 2.05) is 20.8 Å². The molecule has 0 aliphatic carbocycles. The Kier molecular flexibility index (Phi) is 4.58. The Balaban J connectivity index is 0.000000371. The molecule has 0 aromatic carbocycles. The molecule has 3 heteroatoms. The van der Waals surface area contributed by atoms with E-state index in [1.165, 1.54) is 0 Å². The first kappa shape index (κ1) is 9.17. The van der Waals surface area contributed by atoms with E-state index >= 15 is 0 Å². The highest BCUT2D eigenvalue weighted by Crippen LogP contribution is 1.91. The molecule has 0 spiro atoms. The number of nitrogens with one attached hydrogen (secondary N) is 1. The van der Waals surface area contributed by atoms with Gasteiger partial charge < -0.3 is 10.7 Å². The van der Waals surface area contributed by atoms with Gasteiger partial charge in [0.1, 0.15) is 5.82 Å². The van der Waals surface area contributed by atoms with Crippen molar-refractivity contribution in [2.24, 2.45) is 5.73 Å². The zero-order chi connectivity index (χ0) is 7.98. The summed E-state index contributed by atoms with van der Waals surface area (Å²) in [6.45, 7) is 6.44. The van der Waals surface area contributed by atoms with E-state index < -0.39 is 0 Å². The fourth-order valence-corrected chi connectivity index (χ4v) is 0.571. The number of imidazole rings is 1. The van der Waals surface area contributed by atoms with Crippen molar-refractivity contribution in [2.75, 3.05) is 0 Å². The Hall–Kier alpha value is -0.830. The second-order valence-electron chi connectivity index (χ2n) is 1.72. The molecule has 0 atom stereocenters. The van der Waals surface area contributed by atoms with E-state index in [2.05, 4.69) is 9.97 Å². The van der Waals surface area contributed by atoms with Gasteiger partial charge in [0.2, 0.25) is 0 Å². The lowest BCUT2D eigenvalue weighted by molar-refractivity contribution is 0.944. The Morgan fingerprint density at radius 3 is 2.40 bits per heavy atom. The van der Waals surface area contributed by atoms with Gasteiger partial charge in [-0.3, -0.25) is 0 Å². The van der Waals surface area contributed by atoms with Gasteiger partial charge in [-0.25, -0.2) is 4.98 Å². The van der Waals surface area contributed by atoms with Crippen molar-refractivity contribution < 1.29 is 0 Å². The Morgan fingerprint density at radius 1 is 1.60 bits per heavy atom. The maximum absolute atomic E-state index is 5.27. The van der Waals surface area contributed by atoms with Gasteiger partial charge in [0.05, 0.1) is 6.54 Å². The minimum absolute atomic E-state index is 0.494. The molecular formula is C7H15N3. The molecule has 0 saturated carbocycles. The van der Waals surface area contributed by atoms with E-state index in [4.69, 9.17) is 5.73 Å². The fraction of sp³-hybridized carbons (Fsp3) is 0.571. The van der Waals surface area contributed by atoms with Crippen LogP contribution < -0.4 is 5.73 Å². The minimum atomic E-state index is 0.494. The summed E-state index contributed by atoms with van der Waals surface area (Å²) in [5, 5.41) is 0. The largest absolute Gasteiger partial charge is 0.345 e. The Labute approximate surface area is 61.7 Å². The van der Waals surface area contributed by atoms with Crippen LogP contribution in [0.1, 0.15) is 25.4 Å². The molecule has 3 nitrogen and oxygen atoms in total. The van der Waals surface area contributed by atoms with Crippen LogP contribution in [0.4, 0.5) is 0 Å². The molecule has 1 aromatic rings. The molecule has 0 amide bonds. The van der Waals surface area contributed by atoms with Crippen molar-refractivity contribution in [3.63, 3.8) is 0 Å². The quantitative estimate of drug-likeness (QED) is 0.617. The van der Waals surface area contributed by atoms with Crippen LogP contribution in [-0.2, 0) is 6.54 Å². The number of aromatic nitrogens is 2. The zero-order valence-corrected chi connectivity index (χ0v) is 6.81. The molecule has 0 radical (unpaired) electrons. The second-order valence-corrected chi connectivity index (χ2v) is 1.72. The molecule has 1 aromatic heterocycles. The van der Waals surface area contributed by atoms with E-state index in [9.17, 15) is 0 Å². The number of rotatable bonds is 1. The van der Waals surface area contributed by atoms with Gasteiger partial charge >= 0.3 is 0 Å². The predicted molar refractivity (Wildman–Crippen MR) is 42.6 cm³/mol. The summed E-state index contributed by atoms with van der Waals surface area (Å²) < 4.78 is 0. The van der Waals surface area contributed by atoms with Crippen LogP contribution in [-0.4, -0.2) is 9.97 Å². The molecule has 1 rings (SSSR count). The van der Waals surface area contributed by atoms with E-state index in [0.717, 1.165) is 11.5 Å². The van der Waals surface area contributed by atoms with Crippen molar-refractivity contribution in [1.29, 1.82) is 0 Å². The molecular weight excluding hydrogens is 126 g/mol. The van der Waals surface area contributed by atoms with Crippen LogP contribution in [0.15, 0.2) is 6.20 Å². The van der Waals surface area contributed by atoms with Crippen LogP contribution in [0.3, 0.4) is 0 Å². The summed E-state index contributed by atoms with van der Waals surface area (Å²) >= 11 is 0. The summed E-state index contributed by atoms with van der Waals surface area (Å²) in [6, 6.07) is 0. The summed E-state index contributed by atoms with van der Waals surface area (Å²) in [5.74, 6) is 0.850. The first-order valence-electron chi connectivity index (χ1n) is 3.53. The standard InChI is InChI=1S/C5H9N3.C2H6/c1-4-3-7-5(2-6)8-4;1-2/h3H,2,6H2,1H3,(H,7,8);1-2H3. The lowest BCUT2D eigenvalue weighted by Crippen LogP contribution is -1.97. The van der Waals surface area contributed by atoms with Crippen LogP contribution in [0.25, 0.3) is 0 Å². The molecule has 0 aliphatic heterocycles. The molecule has 10 heavy (non-hydrogen) atoms. The first-order valence-corrected chi connectivity index (χ1v) is 3.53. The summed E-state index contributed by atoms with van der Waals surface area (Å²) in [5.41, 5.74) is 6.33. The highest BCUT2D eigenvalue weighted by atomic mass is 14.9. The minimum Gasteiger partial charge on any atom is -0.345 e. The number of aromatic amines is 1. The summed E-state index contributed by atoms with van der Waals surface area (Å²) in [4.78, 5) is 6.94. The monoisotopic (exact) mass is 141 g/mol. The van der Waals surface area contributed by atoms with Crippen molar-refractivity contribution in [3.05, 3.63) is 17.7 Å². The van der Waals surface area contributed by atoms with Gasteiger partial charge in [0, 0.05) is 11.9 Å². The molecule has 0 unspecified atom stereocenters. The molecule has 1 heterocycles. The molecule has 0 aliphatic rings. The molecule has 0 fully saturated rings. The summed E-state index contributed by atoms with van der Waals surface area (Å²) in [7, 11) is 0. The molecule has 0 saturated heterocycles. The van der Waals surface area contributed by atoms with E-state index in [1.54, 1.807) is 6.20 Å². The van der Waals surface area contributed by atoms with Gasteiger partial charge in [-0.15, -0.1) is 0 Å². The van der Waals surface area contributed by atoms with Gasteiger partial charge in [-0.05, 0) is 6.92 Å². The van der Waals surface area contributed by atoms with Crippen LogP contribution in [0.5, 0.6) is 0 Å². The van der Waals surface area contributed by atoms with E-state index in [0.29, 0.717) is 6.54 Å². The zero-order valence-electron chi connectivity index (χ0n) is 6.81. The molecule has 0 bridgehead atoms. The maximum Gasteiger partial charge on any atom is 0.120 e. The van der Waals surface area contributed by atoms with Crippen molar-refractivity contribution in [1.82, 2.24) is 9.97 Å². The highest BCUT2D eigenvalue weighted by Gasteiger charge is 1.89. The first-order chi connectivity index (χ1) is 4.83. The van der Waals surface area contributed by atoms with Crippen molar-refractivity contribution in [2.45, 2.75) is 27.3 Å². The number of nitrogens with two attached hydrogens (primary N) is 1. The van der Waals surface area contributed by atoms with Gasteiger partial charge in [0.25, 0.3) is 0 Å². The number of hydrogen-bond acceptors (Lipinski definition) is 2. The average molecular weight is 141 g/mol. The maximum atomic E-state index is 5.27. The Morgan fingerprint density at radius 2 is 2.20 bits per heavy atom. The van der Waals surface area contributed by atoms with Crippen molar-refractivity contribution >= 4 is 0 Å². The third kappa shape index (κ3) is 2.64. The predicted octanol–water partition coefficient (Wildman–Crippen LogP) is 1.20. The average Bonchev–Trinajstić information content (AvgIpc) is 2.40. The number of hydrogen-bond donors (Lipinski definition) is 2. The van der Waals surface area contributed by atoms with Crippen LogP contribution in [0, 0.1) is 6.92 Å². The lowest BCUT2D eigenvalue weighted by atomic mass is 10.6. The van der Waals surface area contributed by atoms with Gasteiger partial charge in [-0.1, -0.05) is 13.8 Å². The SMILES string of the molecule is CC.Cc1cnc(CN)[nH]1. The third-order valence-corrected chi connectivity index (χ3v) is 0.949. The van der Waals surface area contributed by atoms with E-state index in [-0.39, 0.29) is 0 Å². The number of nitrogens with zero attached hydrogens (tertiary/aromatic N) is 1. The third-order valence-electron chi connectivity index (χ3n) is 0.949. The smallest absolute Gasteiger partial charge is 0.120 e. The fourth-order valence-electron chi connectivity index (χ4n) is 0.571. The highest BCUT2D eigenvalue weighted by molar-refractivity contribution is 4.97. The lowest BCUT2D eigenvalue weighted by Gasteiger charge is -1.82. The normalized spacial score (nSPS) is 8.40. The second kappa shape index (κ2) is 4.99. The van der Waals surface area contributed by atoms with Crippen molar-refractivity contribution in [3.8, 4) is 0 Å². The Bertz CT molecular complexity index is 169. The van der Waals surface area contributed by atoms with Gasteiger partial charge in [0.15, 0.2) is 0 Å². The topological polar surface area (TPSA) is 54.7 Å². The van der Waals surface area contributed by atoms with Crippen LogP contribution in [0.2, 0.25) is 0 Å². The number of aryl methyl sites for hydroxylation is 1. The van der Waals surface area contributed by atoms with Gasteiger partial charge in [-0.2, -0.15) is 0 Å². The van der Waals surface area contributed by atoms with Crippen LogP contribution >= 0.6 is 0 Å². The molecule has 58 valence electrons. The summed E-state index contributed by atoms with van der Waals surface area (Å²) in [6.07, 6.45) is 1.77. The molecule has 3 N–H and O–H groups in total.